The second-order valence-corrected chi connectivity index (χ2v) is 9.98. The van der Waals surface area contributed by atoms with E-state index in [0.717, 1.165) is 29.0 Å². The molecule has 5 rings (SSSR count). The number of para-hydroxylation sites is 2. The molecule has 0 atom stereocenters. The van der Waals surface area contributed by atoms with Gasteiger partial charge in [0.25, 0.3) is 15.9 Å². The van der Waals surface area contributed by atoms with E-state index in [0.29, 0.717) is 23.5 Å². The van der Waals surface area contributed by atoms with Crippen LogP contribution in [0.3, 0.4) is 0 Å². The topological polar surface area (TPSA) is 112 Å². The van der Waals surface area contributed by atoms with Crippen molar-refractivity contribution in [3.8, 4) is 0 Å². The van der Waals surface area contributed by atoms with Crippen LogP contribution in [0.15, 0.2) is 65.6 Å². The summed E-state index contributed by atoms with van der Waals surface area (Å²) in [5.41, 5.74) is 3.94. The smallest absolute Gasteiger partial charge is 0.283 e. The van der Waals surface area contributed by atoms with Gasteiger partial charge in [-0.1, -0.05) is 29.8 Å². The molecule has 0 aliphatic carbocycles. The van der Waals surface area contributed by atoms with Crippen molar-refractivity contribution in [3.05, 3.63) is 83.6 Å². The van der Waals surface area contributed by atoms with Gasteiger partial charge in [0.15, 0.2) is 5.65 Å². The lowest BCUT2D eigenvalue weighted by Gasteiger charge is -2.10. The summed E-state index contributed by atoms with van der Waals surface area (Å²) in [7, 11) is -4.03. The molecule has 0 spiro atoms. The predicted octanol–water partition coefficient (Wildman–Crippen LogP) is 3.58. The van der Waals surface area contributed by atoms with Crippen molar-refractivity contribution < 1.29 is 13.2 Å². The Kier molecular flexibility index (Phi) is 5.60. The number of benzene rings is 2. The average Bonchev–Trinajstić information content (AvgIpc) is 3.35. The summed E-state index contributed by atoms with van der Waals surface area (Å²) >= 11 is 0. The zero-order chi connectivity index (χ0) is 24.7. The minimum Gasteiger partial charge on any atom is -0.327 e. The Morgan fingerprint density at radius 3 is 2.37 bits per heavy atom. The van der Waals surface area contributed by atoms with Crippen LogP contribution in [-0.2, 0) is 23.1 Å². The van der Waals surface area contributed by atoms with E-state index < -0.39 is 15.9 Å². The van der Waals surface area contributed by atoms with Crippen molar-refractivity contribution in [2.24, 2.45) is 0 Å². The first-order valence-electron chi connectivity index (χ1n) is 11.2. The van der Waals surface area contributed by atoms with Crippen molar-refractivity contribution in [1.29, 1.82) is 0 Å². The molecule has 0 aliphatic heterocycles. The molecule has 0 unspecified atom stereocenters. The first-order chi connectivity index (χ1) is 16.8. The molecule has 3 heterocycles. The van der Waals surface area contributed by atoms with E-state index >= 15 is 0 Å². The summed E-state index contributed by atoms with van der Waals surface area (Å²) in [6.45, 7) is 6.94. The second kappa shape index (κ2) is 8.62. The third kappa shape index (κ3) is 4.17. The van der Waals surface area contributed by atoms with E-state index in [2.05, 4.69) is 26.2 Å². The summed E-state index contributed by atoms with van der Waals surface area (Å²) in [6, 6.07) is 17.3. The Hall–Kier alpha value is -4.05. The lowest BCUT2D eigenvalue weighted by molar-refractivity contribution is 0.0977. The van der Waals surface area contributed by atoms with Crippen LogP contribution in [-0.4, -0.2) is 38.4 Å². The third-order valence-corrected chi connectivity index (χ3v) is 7.27. The van der Waals surface area contributed by atoms with Crippen LogP contribution in [0.1, 0.15) is 34.6 Å². The van der Waals surface area contributed by atoms with Crippen LogP contribution in [0, 0.1) is 13.8 Å². The summed E-state index contributed by atoms with van der Waals surface area (Å²) < 4.78 is 31.5. The number of hydrogen-bond donors (Lipinski definition) is 1. The molecule has 178 valence electrons. The Labute approximate surface area is 202 Å². The van der Waals surface area contributed by atoms with Crippen molar-refractivity contribution >= 4 is 38.1 Å². The SMILES string of the molecule is CCn1c(Cn2c(C)nc3ccc(C(=O)NS(=O)(=O)c4ccc(C)cc4)nc32)nc2ccccc21. The number of pyridine rings is 1. The van der Waals surface area contributed by atoms with Gasteiger partial charge in [-0.05, 0) is 57.2 Å². The molecule has 0 radical (unpaired) electrons. The number of amides is 1. The molecular weight excluding hydrogens is 464 g/mol. The second-order valence-electron chi connectivity index (χ2n) is 8.29. The van der Waals surface area contributed by atoms with E-state index in [1.165, 1.54) is 18.2 Å². The average molecular weight is 489 g/mol. The highest BCUT2D eigenvalue weighted by atomic mass is 32.2. The lowest BCUT2D eigenvalue weighted by atomic mass is 10.2. The fraction of sp³-hybridized carbons (Fsp3) is 0.200. The number of sulfonamides is 1. The summed E-state index contributed by atoms with van der Waals surface area (Å²) in [4.78, 5) is 26.7. The Balaban J connectivity index is 1.49. The van der Waals surface area contributed by atoms with Crippen LogP contribution in [0.25, 0.3) is 22.2 Å². The molecule has 0 saturated heterocycles. The maximum atomic E-state index is 12.8. The van der Waals surface area contributed by atoms with Crippen LogP contribution < -0.4 is 4.72 Å². The molecule has 2 aromatic carbocycles. The van der Waals surface area contributed by atoms with Crippen LogP contribution in [0.2, 0.25) is 0 Å². The number of fused-ring (bicyclic) bond motifs is 2. The first-order valence-corrected chi connectivity index (χ1v) is 12.7. The molecule has 3 aromatic heterocycles. The Morgan fingerprint density at radius 1 is 0.886 bits per heavy atom. The Morgan fingerprint density at radius 2 is 1.63 bits per heavy atom. The molecule has 0 bridgehead atoms. The molecule has 5 aromatic rings. The van der Waals surface area contributed by atoms with Gasteiger partial charge in [0, 0.05) is 6.54 Å². The fourth-order valence-electron chi connectivity index (χ4n) is 4.12. The predicted molar refractivity (Wildman–Crippen MR) is 133 cm³/mol. The number of aryl methyl sites for hydroxylation is 3. The lowest BCUT2D eigenvalue weighted by Crippen LogP contribution is -2.31. The maximum absolute atomic E-state index is 12.8. The highest BCUT2D eigenvalue weighted by Gasteiger charge is 2.21. The normalized spacial score (nSPS) is 11.9. The van der Waals surface area contributed by atoms with Gasteiger partial charge in [-0.2, -0.15) is 0 Å². The number of aromatic nitrogens is 5. The number of hydrogen-bond acceptors (Lipinski definition) is 6. The van der Waals surface area contributed by atoms with Gasteiger partial charge in [-0.25, -0.2) is 28.1 Å². The number of carbonyl (C=O) groups excluding carboxylic acids is 1. The molecular formula is C25H24N6O3S. The van der Waals surface area contributed by atoms with Gasteiger partial charge < -0.3 is 9.13 Å². The number of imidazole rings is 2. The van der Waals surface area contributed by atoms with Crippen molar-refractivity contribution in [3.63, 3.8) is 0 Å². The van der Waals surface area contributed by atoms with E-state index in [9.17, 15) is 13.2 Å². The molecule has 9 nitrogen and oxygen atoms in total. The van der Waals surface area contributed by atoms with Gasteiger partial charge in [-0.15, -0.1) is 0 Å². The molecule has 1 amide bonds. The number of carbonyl (C=O) groups is 1. The van der Waals surface area contributed by atoms with Gasteiger partial charge >= 0.3 is 0 Å². The van der Waals surface area contributed by atoms with Crippen LogP contribution in [0.5, 0.6) is 0 Å². The fourth-order valence-corrected chi connectivity index (χ4v) is 5.08. The molecule has 10 heteroatoms. The standard InChI is InChI=1S/C25H24N6O3S/c1-4-30-22-8-6-5-7-19(22)27-23(30)15-31-17(3)26-20-13-14-21(28-24(20)31)25(32)29-35(33,34)18-11-9-16(2)10-12-18/h5-14H,4,15H2,1-3H3,(H,29,32). The minimum atomic E-state index is -4.03. The van der Waals surface area contributed by atoms with Crippen LogP contribution in [0.4, 0.5) is 0 Å². The third-order valence-electron chi connectivity index (χ3n) is 5.92. The van der Waals surface area contributed by atoms with Gasteiger partial charge in [0.2, 0.25) is 0 Å². The highest BCUT2D eigenvalue weighted by Crippen LogP contribution is 2.21. The zero-order valence-corrected chi connectivity index (χ0v) is 20.4. The highest BCUT2D eigenvalue weighted by molar-refractivity contribution is 7.90. The van der Waals surface area contributed by atoms with Crippen molar-refractivity contribution in [2.45, 2.75) is 38.8 Å². The van der Waals surface area contributed by atoms with E-state index in [4.69, 9.17) is 4.98 Å². The number of nitrogens with zero attached hydrogens (tertiary/aromatic N) is 5. The molecule has 0 aliphatic rings. The largest absolute Gasteiger partial charge is 0.327 e. The summed E-state index contributed by atoms with van der Waals surface area (Å²) in [5, 5.41) is 0. The van der Waals surface area contributed by atoms with Gasteiger partial charge in [0.1, 0.15) is 22.9 Å². The molecule has 1 N–H and O–H groups in total. The summed E-state index contributed by atoms with van der Waals surface area (Å²) in [5.74, 6) is 0.750. The molecule has 0 fully saturated rings. The quantitative estimate of drug-likeness (QED) is 0.391. The van der Waals surface area contributed by atoms with E-state index in [1.54, 1.807) is 18.2 Å². The number of nitrogens with one attached hydrogen (secondary N) is 1. The first kappa shape index (κ1) is 22.7. The van der Waals surface area contributed by atoms with Crippen molar-refractivity contribution in [1.82, 2.24) is 28.8 Å². The zero-order valence-electron chi connectivity index (χ0n) is 19.6. The van der Waals surface area contributed by atoms with E-state index in [-0.39, 0.29) is 10.6 Å². The molecule has 0 saturated carbocycles. The van der Waals surface area contributed by atoms with E-state index in [1.807, 2.05) is 42.7 Å². The minimum absolute atomic E-state index is 0.0110. The van der Waals surface area contributed by atoms with Crippen LogP contribution >= 0.6 is 0 Å². The Bertz CT molecular complexity index is 1680. The number of rotatable bonds is 6. The van der Waals surface area contributed by atoms with Gasteiger partial charge in [0.05, 0.1) is 22.5 Å². The van der Waals surface area contributed by atoms with Gasteiger partial charge in [-0.3, -0.25) is 4.79 Å². The molecule has 35 heavy (non-hydrogen) atoms. The maximum Gasteiger partial charge on any atom is 0.283 e. The summed E-state index contributed by atoms with van der Waals surface area (Å²) in [6.07, 6.45) is 0. The monoisotopic (exact) mass is 488 g/mol. The van der Waals surface area contributed by atoms with Crippen molar-refractivity contribution in [2.75, 3.05) is 0 Å².